The van der Waals surface area contributed by atoms with Crippen LogP contribution in [0.1, 0.15) is 12.8 Å². The third-order valence-electron chi connectivity index (χ3n) is 2.75. The molecule has 6 nitrogen and oxygen atoms in total. The number of rotatable bonds is 6. The molecule has 0 spiro atoms. The topological polar surface area (TPSA) is 64.1 Å². The fourth-order valence-electron chi connectivity index (χ4n) is 1.55. The van der Waals surface area contributed by atoms with E-state index < -0.39 is 5.97 Å². The molecular formula is C11H21N3O3. The molecule has 2 amide bonds. The summed E-state index contributed by atoms with van der Waals surface area (Å²) in [7, 11) is 5.59. The number of carboxylic acids is 1. The molecule has 1 rings (SSSR count). The van der Waals surface area contributed by atoms with E-state index in [-0.39, 0.29) is 18.6 Å². The van der Waals surface area contributed by atoms with E-state index in [0.29, 0.717) is 6.54 Å². The Labute approximate surface area is 102 Å². The van der Waals surface area contributed by atoms with Crippen LogP contribution in [0.3, 0.4) is 0 Å². The summed E-state index contributed by atoms with van der Waals surface area (Å²) in [6, 6.07) is -0.0582. The minimum atomic E-state index is -0.953. The zero-order chi connectivity index (χ0) is 13.0. The molecule has 1 aliphatic carbocycles. The number of urea groups is 1. The van der Waals surface area contributed by atoms with E-state index in [4.69, 9.17) is 5.11 Å². The number of carboxylic acid groups (broad SMARTS) is 1. The van der Waals surface area contributed by atoms with Crippen molar-refractivity contribution < 1.29 is 14.7 Å². The molecule has 0 aromatic heterocycles. The van der Waals surface area contributed by atoms with Crippen LogP contribution in [0.5, 0.6) is 0 Å². The number of amides is 2. The van der Waals surface area contributed by atoms with Gasteiger partial charge in [0.05, 0.1) is 0 Å². The van der Waals surface area contributed by atoms with Crippen molar-refractivity contribution >= 4 is 12.0 Å². The first-order chi connectivity index (χ1) is 7.91. The predicted octanol–water partition coefficient (Wildman–Crippen LogP) is 0.149. The number of carbonyl (C=O) groups is 2. The van der Waals surface area contributed by atoms with Gasteiger partial charge in [0.25, 0.3) is 0 Å². The molecule has 0 unspecified atom stereocenters. The molecule has 0 aromatic rings. The smallest absolute Gasteiger partial charge is 0.323 e. The second kappa shape index (κ2) is 5.86. The summed E-state index contributed by atoms with van der Waals surface area (Å²) in [5, 5.41) is 8.79. The molecule has 1 saturated carbocycles. The highest BCUT2D eigenvalue weighted by molar-refractivity contribution is 5.80. The molecular weight excluding hydrogens is 222 g/mol. The van der Waals surface area contributed by atoms with Gasteiger partial charge >= 0.3 is 12.0 Å². The molecule has 0 radical (unpaired) electrons. The average molecular weight is 243 g/mol. The summed E-state index contributed by atoms with van der Waals surface area (Å²) in [5.74, 6) is -0.953. The number of carbonyl (C=O) groups excluding carboxylic acids is 1. The first-order valence-electron chi connectivity index (χ1n) is 5.80. The zero-order valence-electron chi connectivity index (χ0n) is 10.7. The van der Waals surface area contributed by atoms with Crippen molar-refractivity contribution in [2.75, 3.05) is 40.8 Å². The summed E-state index contributed by atoms with van der Waals surface area (Å²) >= 11 is 0. The van der Waals surface area contributed by atoms with E-state index in [1.807, 2.05) is 19.0 Å². The quantitative estimate of drug-likeness (QED) is 0.721. The highest BCUT2D eigenvalue weighted by Crippen LogP contribution is 2.27. The van der Waals surface area contributed by atoms with Gasteiger partial charge in [-0.3, -0.25) is 4.79 Å². The van der Waals surface area contributed by atoms with Crippen LogP contribution in [-0.2, 0) is 4.79 Å². The Kier molecular flexibility index (Phi) is 4.74. The van der Waals surface area contributed by atoms with Gasteiger partial charge in [0.2, 0.25) is 0 Å². The molecule has 0 aromatic carbocycles. The lowest BCUT2D eigenvalue weighted by molar-refractivity contribution is -0.137. The lowest BCUT2D eigenvalue weighted by Crippen LogP contribution is -2.46. The molecule has 1 N–H and O–H groups in total. The first-order valence-corrected chi connectivity index (χ1v) is 5.80. The molecule has 0 saturated heterocycles. The fourth-order valence-corrected chi connectivity index (χ4v) is 1.55. The van der Waals surface area contributed by atoms with E-state index in [1.54, 1.807) is 11.9 Å². The molecule has 98 valence electrons. The maximum absolute atomic E-state index is 12.0. The summed E-state index contributed by atoms with van der Waals surface area (Å²) < 4.78 is 0. The summed E-state index contributed by atoms with van der Waals surface area (Å²) in [5.41, 5.74) is 0. The number of aliphatic carboxylic acids is 1. The van der Waals surface area contributed by atoms with Crippen LogP contribution < -0.4 is 0 Å². The van der Waals surface area contributed by atoms with Gasteiger partial charge in [-0.05, 0) is 26.9 Å². The summed E-state index contributed by atoms with van der Waals surface area (Å²) in [6.45, 7) is 1.18. The van der Waals surface area contributed by atoms with Gasteiger partial charge in [0.1, 0.15) is 6.54 Å². The second-order valence-corrected chi connectivity index (χ2v) is 4.76. The third-order valence-corrected chi connectivity index (χ3v) is 2.75. The third kappa shape index (κ3) is 4.60. The molecule has 17 heavy (non-hydrogen) atoms. The highest BCUT2D eigenvalue weighted by atomic mass is 16.4. The number of hydrogen-bond acceptors (Lipinski definition) is 3. The van der Waals surface area contributed by atoms with Crippen LogP contribution in [0.15, 0.2) is 0 Å². The van der Waals surface area contributed by atoms with Crippen LogP contribution in [-0.4, -0.2) is 78.6 Å². The lowest BCUT2D eigenvalue weighted by Gasteiger charge is -2.27. The Balaban J connectivity index is 2.48. The standard InChI is InChI=1S/C11H21N3O3/c1-12(2)6-7-13(3)11(17)14(8-10(15)16)9-4-5-9/h9H,4-8H2,1-3H3,(H,15,16). The van der Waals surface area contributed by atoms with Crippen LogP contribution in [0.4, 0.5) is 4.79 Å². The maximum atomic E-state index is 12.0. The summed E-state index contributed by atoms with van der Waals surface area (Å²) in [4.78, 5) is 27.8. The lowest BCUT2D eigenvalue weighted by atomic mass is 10.4. The normalized spacial score (nSPS) is 14.8. The average Bonchev–Trinajstić information content (AvgIpc) is 3.04. The van der Waals surface area contributed by atoms with Gasteiger partial charge in [-0.1, -0.05) is 0 Å². The van der Waals surface area contributed by atoms with Gasteiger partial charge in [-0.2, -0.15) is 0 Å². The Morgan fingerprint density at radius 2 is 1.76 bits per heavy atom. The number of nitrogens with zero attached hydrogens (tertiary/aromatic N) is 3. The number of likely N-dealkylation sites (N-methyl/N-ethyl adjacent to an activating group) is 2. The second-order valence-electron chi connectivity index (χ2n) is 4.76. The van der Waals surface area contributed by atoms with Gasteiger partial charge in [0, 0.05) is 26.2 Å². The SMILES string of the molecule is CN(C)CCN(C)C(=O)N(CC(=O)O)C1CC1. The minimum Gasteiger partial charge on any atom is -0.480 e. The fraction of sp³-hybridized carbons (Fsp3) is 0.818. The summed E-state index contributed by atoms with van der Waals surface area (Å²) in [6.07, 6.45) is 1.83. The molecule has 1 fully saturated rings. The van der Waals surface area contributed by atoms with Crippen LogP contribution in [0.25, 0.3) is 0 Å². The van der Waals surface area contributed by atoms with Gasteiger partial charge in [-0.15, -0.1) is 0 Å². The Morgan fingerprint density at radius 1 is 1.18 bits per heavy atom. The van der Waals surface area contributed by atoms with E-state index >= 15 is 0 Å². The molecule has 0 atom stereocenters. The first kappa shape index (κ1) is 13.8. The Morgan fingerprint density at radius 3 is 2.18 bits per heavy atom. The van der Waals surface area contributed by atoms with Crippen LogP contribution >= 0.6 is 0 Å². The van der Waals surface area contributed by atoms with Crippen LogP contribution in [0.2, 0.25) is 0 Å². The van der Waals surface area contributed by atoms with E-state index in [1.165, 1.54) is 4.90 Å². The van der Waals surface area contributed by atoms with Crippen molar-refractivity contribution in [2.45, 2.75) is 18.9 Å². The largest absolute Gasteiger partial charge is 0.480 e. The van der Waals surface area contributed by atoms with E-state index in [0.717, 1.165) is 19.4 Å². The molecule has 0 aliphatic heterocycles. The minimum absolute atomic E-state index is 0.125. The van der Waals surface area contributed by atoms with Gasteiger partial charge in [-0.25, -0.2) is 4.79 Å². The van der Waals surface area contributed by atoms with Crippen molar-refractivity contribution in [2.24, 2.45) is 0 Å². The molecule has 0 heterocycles. The number of hydrogen-bond donors (Lipinski definition) is 1. The van der Waals surface area contributed by atoms with Gasteiger partial charge < -0.3 is 19.8 Å². The zero-order valence-corrected chi connectivity index (χ0v) is 10.7. The maximum Gasteiger partial charge on any atom is 0.323 e. The Hall–Kier alpha value is -1.30. The molecule has 1 aliphatic rings. The van der Waals surface area contributed by atoms with Crippen molar-refractivity contribution in [1.29, 1.82) is 0 Å². The Bertz CT molecular complexity index is 290. The highest BCUT2D eigenvalue weighted by Gasteiger charge is 2.35. The van der Waals surface area contributed by atoms with Crippen molar-refractivity contribution in [1.82, 2.24) is 14.7 Å². The van der Waals surface area contributed by atoms with E-state index in [9.17, 15) is 9.59 Å². The van der Waals surface area contributed by atoms with Crippen molar-refractivity contribution in [3.05, 3.63) is 0 Å². The van der Waals surface area contributed by atoms with Crippen molar-refractivity contribution in [3.8, 4) is 0 Å². The van der Waals surface area contributed by atoms with Gasteiger partial charge in [0.15, 0.2) is 0 Å². The van der Waals surface area contributed by atoms with Crippen LogP contribution in [0, 0.1) is 0 Å². The molecule has 6 heteroatoms. The molecule has 0 bridgehead atoms. The predicted molar refractivity (Wildman–Crippen MR) is 63.9 cm³/mol. The van der Waals surface area contributed by atoms with Crippen molar-refractivity contribution in [3.63, 3.8) is 0 Å². The monoisotopic (exact) mass is 243 g/mol. The van der Waals surface area contributed by atoms with E-state index in [2.05, 4.69) is 0 Å².